The van der Waals surface area contributed by atoms with Gasteiger partial charge in [-0.1, -0.05) is 0 Å². The highest BCUT2D eigenvalue weighted by molar-refractivity contribution is 5.80. The molecule has 27 heavy (non-hydrogen) atoms. The van der Waals surface area contributed by atoms with Gasteiger partial charge in [0.15, 0.2) is 5.96 Å². The lowest BCUT2D eigenvalue weighted by Crippen LogP contribution is -2.52. The summed E-state index contributed by atoms with van der Waals surface area (Å²) < 4.78 is 16.3. The Morgan fingerprint density at radius 1 is 1.11 bits per heavy atom. The zero-order valence-electron chi connectivity index (χ0n) is 17.2. The molecule has 1 N–H and O–H groups in total. The number of guanidine groups is 1. The Kier molecular flexibility index (Phi) is 9.21. The lowest BCUT2D eigenvalue weighted by Gasteiger charge is -2.36. The predicted octanol–water partition coefficient (Wildman–Crippen LogP) is 1.82. The van der Waals surface area contributed by atoms with Crippen molar-refractivity contribution in [3.63, 3.8) is 0 Å². The van der Waals surface area contributed by atoms with E-state index in [1.807, 2.05) is 19.1 Å². The summed E-state index contributed by atoms with van der Waals surface area (Å²) >= 11 is 0. The Morgan fingerprint density at radius 3 is 2.52 bits per heavy atom. The Bertz CT molecular complexity index is 587. The number of methoxy groups -OCH3 is 2. The fourth-order valence-electron chi connectivity index (χ4n) is 3.15. The van der Waals surface area contributed by atoms with Crippen LogP contribution < -0.4 is 14.8 Å². The number of hydrogen-bond donors (Lipinski definition) is 1. The summed E-state index contributed by atoms with van der Waals surface area (Å²) in [7, 11) is 3.40. The summed E-state index contributed by atoms with van der Waals surface area (Å²) in [6.45, 7) is 11.8. The van der Waals surface area contributed by atoms with Crippen LogP contribution in [0.25, 0.3) is 0 Å². The lowest BCUT2D eigenvalue weighted by molar-refractivity contribution is 0.154. The summed E-state index contributed by atoms with van der Waals surface area (Å²) in [5, 5.41) is 3.39. The van der Waals surface area contributed by atoms with Gasteiger partial charge in [-0.15, -0.1) is 0 Å². The van der Waals surface area contributed by atoms with E-state index in [0.717, 1.165) is 68.9 Å². The second kappa shape index (κ2) is 11.7. The third-order valence-corrected chi connectivity index (χ3v) is 4.59. The number of ether oxygens (including phenoxy) is 3. The maximum absolute atomic E-state index is 5.51. The minimum Gasteiger partial charge on any atom is -0.497 e. The van der Waals surface area contributed by atoms with Crippen molar-refractivity contribution in [1.29, 1.82) is 0 Å². The topological polar surface area (TPSA) is 58.6 Å². The SMILES string of the molecule is CCNC(=NCCOCC)N1CCN(Cc2cc(OC)ccc2OC)CC1. The van der Waals surface area contributed by atoms with E-state index < -0.39 is 0 Å². The van der Waals surface area contributed by atoms with Crippen LogP contribution in [0.1, 0.15) is 19.4 Å². The number of rotatable bonds is 9. The number of hydrogen-bond acceptors (Lipinski definition) is 5. The van der Waals surface area contributed by atoms with Gasteiger partial charge in [0.2, 0.25) is 0 Å². The van der Waals surface area contributed by atoms with E-state index in [1.165, 1.54) is 0 Å². The van der Waals surface area contributed by atoms with Crippen LogP contribution in [0.5, 0.6) is 11.5 Å². The highest BCUT2D eigenvalue weighted by atomic mass is 16.5. The molecule has 7 heteroatoms. The average molecular weight is 379 g/mol. The molecule has 152 valence electrons. The van der Waals surface area contributed by atoms with Crippen LogP contribution in [0.15, 0.2) is 23.2 Å². The summed E-state index contributed by atoms with van der Waals surface area (Å²) in [6, 6.07) is 5.96. The fraction of sp³-hybridized carbons (Fsp3) is 0.650. The molecule has 1 aromatic carbocycles. The maximum atomic E-state index is 5.51. The van der Waals surface area contributed by atoms with Gasteiger partial charge in [-0.3, -0.25) is 9.89 Å². The summed E-state index contributed by atoms with van der Waals surface area (Å²) in [4.78, 5) is 9.46. The molecular weight excluding hydrogens is 344 g/mol. The molecule has 0 atom stereocenters. The second-order valence-electron chi connectivity index (χ2n) is 6.37. The van der Waals surface area contributed by atoms with Crippen LogP contribution in [0.3, 0.4) is 0 Å². The van der Waals surface area contributed by atoms with Gasteiger partial charge in [0.1, 0.15) is 11.5 Å². The van der Waals surface area contributed by atoms with Crippen molar-refractivity contribution in [1.82, 2.24) is 15.1 Å². The van der Waals surface area contributed by atoms with Crippen LogP contribution in [0, 0.1) is 0 Å². The number of nitrogens with zero attached hydrogens (tertiary/aromatic N) is 3. The first-order valence-electron chi connectivity index (χ1n) is 9.76. The Labute approximate surface area is 163 Å². The van der Waals surface area contributed by atoms with Crippen molar-refractivity contribution >= 4 is 5.96 Å². The lowest BCUT2D eigenvalue weighted by atomic mass is 10.1. The molecule has 0 radical (unpaired) electrons. The van der Waals surface area contributed by atoms with Crippen molar-refractivity contribution in [2.24, 2.45) is 4.99 Å². The average Bonchev–Trinajstić information content (AvgIpc) is 2.71. The standard InChI is InChI=1S/C20H34N4O3/c1-5-21-20(22-9-14-27-6-2)24-12-10-23(11-13-24)16-17-15-18(25-3)7-8-19(17)26-4/h7-8,15H,5-6,9-14,16H2,1-4H3,(H,21,22). The molecule has 0 unspecified atom stereocenters. The second-order valence-corrected chi connectivity index (χ2v) is 6.37. The van der Waals surface area contributed by atoms with Crippen molar-refractivity contribution < 1.29 is 14.2 Å². The van der Waals surface area contributed by atoms with Gasteiger partial charge in [-0.05, 0) is 32.0 Å². The molecule has 1 fully saturated rings. The molecule has 1 aromatic rings. The maximum Gasteiger partial charge on any atom is 0.194 e. The van der Waals surface area contributed by atoms with Crippen molar-refractivity contribution in [2.45, 2.75) is 20.4 Å². The zero-order valence-corrected chi connectivity index (χ0v) is 17.2. The van der Waals surface area contributed by atoms with Gasteiger partial charge in [0.25, 0.3) is 0 Å². The molecule has 2 rings (SSSR count). The molecule has 7 nitrogen and oxygen atoms in total. The number of benzene rings is 1. The van der Waals surface area contributed by atoms with Crippen molar-refractivity contribution in [3.05, 3.63) is 23.8 Å². The quantitative estimate of drug-likeness (QED) is 0.402. The molecule has 0 aliphatic carbocycles. The fourth-order valence-corrected chi connectivity index (χ4v) is 3.15. The molecule has 1 aliphatic rings. The monoisotopic (exact) mass is 378 g/mol. The number of aliphatic imine (C=N–C) groups is 1. The molecular formula is C20H34N4O3. The summed E-state index contributed by atoms with van der Waals surface area (Å²) in [5.74, 6) is 2.75. The van der Waals surface area contributed by atoms with E-state index in [-0.39, 0.29) is 0 Å². The van der Waals surface area contributed by atoms with Crippen molar-refractivity contribution in [2.75, 3.05) is 66.7 Å². The molecule has 0 saturated carbocycles. The van der Waals surface area contributed by atoms with E-state index in [2.05, 4.69) is 33.1 Å². The summed E-state index contributed by atoms with van der Waals surface area (Å²) in [6.07, 6.45) is 0. The van der Waals surface area contributed by atoms with Gasteiger partial charge < -0.3 is 24.4 Å². The van der Waals surface area contributed by atoms with Gasteiger partial charge in [0.05, 0.1) is 27.4 Å². The number of nitrogens with one attached hydrogen (secondary N) is 1. The predicted molar refractivity (Wildman–Crippen MR) is 109 cm³/mol. The van der Waals surface area contributed by atoms with E-state index in [0.29, 0.717) is 13.2 Å². The first-order valence-corrected chi connectivity index (χ1v) is 9.76. The smallest absolute Gasteiger partial charge is 0.194 e. The molecule has 0 spiro atoms. The third kappa shape index (κ3) is 6.59. The Morgan fingerprint density at radius 2 is 1.89 bits per heavy atom. The number of piperazine rings is 1. The molecule has 1 heterocycles. The van der Waals surface area contributed by atoms with Gasteiger partial charge in [0, 0.05) is 51.4 Å². The first kappa shape index (κ1) is 21.3. The van der Waals surface area contributed by atoms with Crippen LogP contribution in [-0.2, 0) is 11.3 Å². The zero-order chi connectivity index (χ0) is 19.5. The van der Waals surface area contributed by atoms with E-state index in [9.17, 15) is 0 Å². The third-order valence-electron chi connectivity index (χ3n) is 4.59. The minimum atomic E-state index is 0.668. The minimum absolute atomic E-state index is 0.668. The Balaban J connectivity index is 1.92. The molecule has 0 bridgehead atoms. The van der Waals surface area contributed by atoms with Crippen LogP contribution in [0.2, 0.25) is 0 Å². The van der Waals surface area contributed by atoms with Gasteiger partial charge in [-0.25, -0.2) is 0 Å². The highest BCUT2D eigenvalue weighted by Crippen LogP contribution is 2.25. The first-order chi connectivity index (χ1) is 13.2. The van der Waals surface area contributed by atoms with Crippen molar-refractivity contribution in [3.8, 4) is 11.5 Å². The molecule has 1 aliphatic heterocycles. The molecule has 0 aromatic heterocycles. The normalized spacial score (nSPS) is 15.7. The van der Waals surface area contributed by atoms with Crippen LogP contribution in [0.4, 0.5) is 0 Å². The van der Waals surface area contributed by atoms with E-state index in [4.69, 9.17) is 14.2 Å². The van der Waals surface area contributed by atoms with Crippen LogP contribution in [-0.4, -0.2) is 82.5 Å². The van der Waals surface area contributed by atoms with Gasteiger partial charge >= 0.3 is 0 Å². The van der Waals surface area contributed by atoms with E-state index >= 15 is 0 Å². The highest BCUT2D eigenvalue weighted by Gasteiger charge is 2.20. The summed E-state index contributed by atoms with van der Waals surface area (Å²) in [5.41, 5.74) is 1.16. The van der Waals surface area contributed by atoms with E-state index in [1.54, 1.807) is 14.2 Å². The largest absolute Gasteiger partial charge is 0.497 e. The molecule has 1 saturated heterocycles. The van der Waals surface area contributed by atoms with Crippen LogP contribution >= 0.6 is 0 Å². The molecule has 0 amide bonds. The Hall–Kier alpha value is -1.99. The van der Waals surface area contributed by atoms with Gasteiger partial charge in [-0.2, -0.15) is 0 Å².